The minimum absolute atomic E-state index is 0.768. The van der Waals surface area contributed by atoms with E-state index in [1.165, 1.54) is 43.3 Å². The molecule has 0 bridgehead atoms. The first kappa shape index (κ1) is 10.3. The second-order valence-corrected chi connectivity index (χ2v) is 5.47. The zero-order valence-electron chi connectivity index (χ0n) is 10.4. The molecule has 2 aromatic rings. The van der Waals surface area contributed by atoms with E-state index in [1.807, 2.05) is 18.5 Å². The van der Waals surface area contributed by atoms with Crippen molar-refractivity contribution in [1.82, 2.24) is 9.97 Å². The Labute approximate surface area is 107 Å². The summed E-state index contributed by atoms with van der Waals surface area (Å²) in [6.07, 6.45) is 9.29. The average molecular weight is 239 g/mol. The Balaban J connectivity index is 1.75. The molecule has 1 saturated carbocycles. The van der Waals surface area contributed by atoms with Crippen LogP contribution in [0.25, 0.3) is 11.0 Å². The lowest BCUT2D eigenvalue weighted by Gasteiger charge is -2.52. The zero-order valence-corrected chi connectivity index (χ0v) is 10.4. The standard InChI is InChI=1S/C15H17N3/c1-2-6-13-11(4-1)10-18(13)14-7-9-17-15-12(14)5-3-8-16-15/h3,5,7-9,11,13H,1-2,4,6,10H2/t11-,13-/m0/s1. The highest BCUT2D eigenvalue weighted by molar-refractivity contribution is 5.89. The molecule has 3 heteroatoms. The van der Waals surface area contributed by atoms with E-state index in [1.54, 1.807) is 0 Å². The largest absolute Gasteiger partial charge is 0.367 e. The van der Waals surface area contributed by atoms with Crippen LogP contribution >= 0.6 is 0 Å². The van der Waals surface area contributed by atoms with Gasteiger partial charge in [-0.15, -0.1) is 0 Å². The molecule has 0 aromatic carbocycles. The molecule has 4 rings (SSSR count). The molecule has 92 valence electrons. The van der Waals surface area contributed by atoms with Gasteiger partial charge in [-0.2, -0.15) is 0 Å². The molecule has 2 aromatic heterocycles. The summed E-state index contributed by atoms with van der Waals surface area (Å²) in [6.45, 7) is 1.22. The van der Waals surface area contributed by atoms with Crippen molar-refractivity contribution < 1.29 is 0 Å². The van der Waals surface area contributed by atoms with Gasteiger partial charge in [0.25, 0.3) is 0 Å². The summed E-state index contributed by atoms with van der Waals surface area (Å²) in [5.41, 5.74) is 2.20. The van der Waals surface area contributed by atoms with Crippen molar-refractivity contribution >= 4 is 16.7 Å². The number of nitrogens with zero attached hydrogens (tertiary/aromatic N) is 3. The third kappa shape index (κ3) is 1.43. The second kappa shape index (κ2) is 3.94. The summed E-state index contributed by atoms with van der Waals surface area (Å²) in [5, 5.41) is 1.20. The Hall–Kier alpha value is -1.64. The average Bonchev–Trinajstić information content (AvgIpc) is 2.40. The number of aromatic nitrogens is 2. The molecule has 2 aliphatic rings. The fraction of sp³-hybridized carbons (Fsp3) is 0.467. The van der Waals surface area contributed by atoms with Crippen LogP contribution in [0.5, 0.6) is 0 Å². The lowest BCUT2D eigenvalue weighted by molar-refractivity contribution is 0.215. The van der Waals surface area contributed by atoms with Crippen LogP contribution in [0.1, 0.15) is 25.7 Å². The van der Waals surface area contributed by atoms with E-state index in [2.05, 4.69) is 27.0 Å². The molecule has 1 aliphatic heterocycles. The summed E-state index contributed by atoms with van der Waals surface area (Å²) >= 11 is 0. The van der Waals surface area contributed by atoms with E-state index in [4.69, 9.17) is 0 Å². The highest BCUT2D eigenvalue weighted by atomic mass is 15.2. The summed E-state index contributed by atoms with van der Waals surface area (Å²) in [7, 11) is 0. The van der Waals surface area contributed by atoms with Gasteiger partial charge in [-0.3, -0.25) is 0 Å². The first-order valence-corrected chi connectivity index (χ1v) is 6.90. The molecule has 2 fully saturated rings. The van der Waals surface area contributed by atoms with Gasteiger partial charge in [0.1, 0.15) is 0 Å². The van der Waals surface area contributed by atoms with Gasteiger partial charge >= 0.3 is 0 Å². The lowest BCUT2D eigenvalue weighted by Crippen LogP contribution is -2.57. The third-order valence-corrected chi connectivity index (χ3v) is 4.50. The van der Waals surface area contributed by atoms with Crippen LogP contribution in [0, 0.1) is 5.92 Å². The first-order valence-electron chi connectivity index (χ1n) is 6.90. The Morgan fingerprint density at radius 2 is 1.94 bits per heavy atom. The Morgan fingerprint density at radius 3 is 2.89 bits per heavy atom. The molecule has 0 N–H and O–H groups in total. The number of hydrogen-bond donors (Lipinski definition) is 0. The van der Waals surface area contributed by atoms with Crippen LogP contribution in [0.3, 0.4) is 0 Å². The first-order chi connectivity index (χ1) is 8.93. The van der Waals surface area contributed by atoms with Crippen LogP contribution in [0.2, 0.25) is 0 Å². The summed E-state index contributed by atoms with van der Waals surface area (Å²) in [5.74, 6) is 0.929. The summed E-state index contributed by atoms with van der Waals surface area (Å²) < 4.78 is 0. The highest BCUT2D eigenvalue weighted by Crippen LogP contribution is 2.41. The van der Waals surface area contributed by atoms with Crippen molar-refractivity contribution in [2.45, 2.75) is 31.7 Å². The summed E-state index contributed by atoms with van der Waals surface area (Å²) in [6, 6.07) is 7.06. The molecule has 1 aliphatic carbocycles. The maximum absolute atomic E-state index is 4.35. The van der Waals surface area contributed by atoms with Crippen molar-refractivity contribution in [3.05, 3.63) is 30.6 Å². The van der Waals surface area contributed by atoms with Crippen LogP contribution in [0.4, 0.5) is 5.69 Å². The third-order valence-electron chi connectivity index (χ3n) is 4.50. The van der Waals surface area contributed by atoms with E-state index in [0.717, 1.165) is 17.6 Å². The molecule has 18 heavy (non-hydrogen) atoms. The van der Waals surface area contributed by atoms with Gasteiger partial charge in [0, 0.05) is 36.1 Å². The van der Waals surface area contributed by atoms with Gasteiger partial charge in [-0.25, -0.2) is 9.97 Å². The van der Waals surface area contributed by atoms with Crippen molar-refractivity contribution in [3.63, 3.8) is 0 Å². The Morgan fingerprint density at radius 1 is 1.06 bits per heavy atom. The molecule has 1 saturated heterocycles. The van der Waals surface area contributed by atoms with Crippen LogP contribution in [0.15, 0.2) is 30.6 Å². The molecule has 2 atom stereocenters. The van der Waals surface area contributed by atoms with Crippen LogP contribution in [-0.2, 0) is 0 Å². The van der Waals surface area contributed by atoms with Gasteiger partial charge in [-0.1, -0.05) is 12.8 Å². The fourth-order valence-electron chi connectivity index (χ4n) is 3.56. The SMILES string of the molecule is c1cnc2nccc(N3C[C@@H]4CCCC[C@@H]43)c2c1. The number of pyridine rings is 2. The quantitative estimate of drug-likeness (QED) is 0.766. The number of rotatable bonds is 1. The van der Waals surface area contributed by atoms with Gasteiger partial charge < -0.3 is 4.90 Å². The van der Waals surface area contributed by atoms with Gasteiger partial charge in [-0.05, 0) is 37.0 Å². The van der Waals surface area contributed by atoms with Gasteiger partial charge in [0.2, 0.25) is 0 Å². The van der Waals surface area contributed by atoms with E-state index in [9.17, 15) is 0 Å². The highest BCUT2D eigenvalue weighted by Gasteiger charge is 2.40. The normalized spacial score (nSPS) is 26.8. The van der Waals surface area contributed by atoms with Crippen molar-refractivity contribution in [1.29, 1.82) is 0 Å². The van der Waals surface area contributed by atoms with Crippen LogP contribution < -0.4 is 4.90 Å². The minimum atomic E-state index is 0.768. The summed E-state index contributed by atoms with van der Waals surface area (Å²) in [4.78, 5) is 11.3. The molecule has 0 amide bonds. The molecule has 3 nitrogen and oxygen atoms in total. The minimum Gasteiger partial charge on any atom is -0.367 e. The molecule has 0 radical (unpaired) electrons. The fourth-order valence-corrected chi connectivity index (χ4v) is 3.56. The van der Waals surface area contributed by atoms with Crippen LogP contribution in [-0.4, -0.2) is 22.6 Å². The number of anilines is 1. The Kier molecular flexibility index (Phi) is 2.25. The van der Waals surface area contributed by atoms with Gasteiger partial charge in [0.15, 0.2) is 5.65 Å². The predicted molar refractivity (Wildman–Crippen MR) is 72.6 cm³/mol. The topological polar surface area (TPSA) is 29.0 Å². The zero-order chi connectivity index (χ0) is 11.9. The molecular weight excluding hydrogens is 222 g/mol. The second-order valence-electron chi connectivity index (χ2n) is 5.47. The van der Waals surface area contributed by atoms with Crippen molar-refractivity contribution in [2.24, 2.45) is 5.92 Å². The van der Waals surface area contributed by atoms with E-state index >= 15 is 0 Å². The monoisotopic (exact) mass is 239 g/mol. The lowest BCUT2D eigenvalue weighted by atomic mass is 9.76. The molecular formula is C15H17N3. The van der Waals surface area contributed by atoms with E-state index in [-0.39, 0.29) is 0 Å². The van der Waals surface area contributed by atoms with Crippen molar-refractivity contribution in [2.75, 3.05) is 11.4 Å². The molecule has 0 spiro atoms. The van der Waals surface area contributed by atoms with Gasteiger partial charge in [0.05, 0.1) is 0 Å². The maximum atomic E-state index is 4.35. The number of fused-ring (bicyclic) bond motifs is 2. The Bertz CT molecular complexity index is 575. The van der Waals surface area contributed by atoms with E-state index in [0.29, 0.717) is 0 Å². The maximum Gasteiger partial charge on any atom is 0.161 e. The van der Waals surface area contributed by atoms with E-state index < -0.39 is 0 Å². The smallest absolute Gasteiger partial charge is 0.161 e. The molecule has 3 heterocycles. The van der Waals surface area contributed by atoms with Crippen molar-refractivity contribution in [3.8, 4) is 0 Å². The number of hydrogen-bond acceptors (Lipinski definition) is 3. The molecule has 0 unspecified atom stereocenters. The predicted octanol–water partition coefficient (Wildman–Crippen LogP) is 3.01.